The van der Waals surface area contributed by atoms with Crippen molar-refractivity contribution >= 4 is 28.3 Å². The van der Waals surface area contributed by atoms with Crippen LogP contribution in [0.2, 0.25) is 0 Å². The Morgan fingerprint density at radius 2 is 1.66 bits per heavy atom. The Bertz CT molecular complexity index is 990. The van der Waals surface area contributed by atoms with Crippen molar-refractivity contribution in [3.8, 4) is 0 Å². The fourth-order valence-electron chi connectivity index (χ4n) is 3.27. The number of anilines is 1. The molecule has 7 heteroatoms. The first-order valence-electron chi connectivity index (χ1n) is 9.14. The third-order valence-corrected chi connectivity index (χ3v) is 5.56. The second-order valence-corrected chi connectivity index (χ2v) is 7.42. The predicted octanol–water partition coefficient (Wildman–Crippen LogP) is 4.48. The van der Waals surface area contributed by atoms with E-state index in [1.807, 2.05) is 60.7 Å². The minimum absolute atomic E-state index is 0.139. The topological polar surface area (TPSA) is 59.1 Å². The van der Waals surface area contributed by atoms with E-state index in [2.05, 4.69) is 0 Å². The minimum Gasteiger partial charge on any atom is -0.444 e. The number of methoxy groups -OCH3 is 1. The van der Waals surface area contributed by atoms with E-state index in [-0.39, 0.29) is 12.5 Å². The molecule has 1 aliphatic rings. The van der Waals surface area contributed by atoms with Gasteiger partial charge in [-0.15, -0.1) is 11.3 Å². The maximum atomic E-state index is 13.1. The lowest BCUT2D eigenvalue weighted by molar-refractivity contribution is -0.0290. The zero-order valence-corrected chi connectivity index (χ0v) is 16.7. The third kappa shape index (κ3) is 3.87. The molecule has 0 saturated heterocycles. The Hall–Kier alpha value is -3.16. The number of hydrogen-bond acceptors (Lipinski definition) is 5. The molecule has 0 N–H and O–H groups in total. The van der Waals surface area contributed by atoms with Gasteiger partial charge in [0.15, 0.2) is 0 Å². The molecule has 2 amide bonds. The molecule has 1 unspecified atom stereocenters. The maximum absolute atomic E-state index is 13.1. The molecule has 6 nitrogen and oxygen atoms in total. The van der Waals surface area contributed by atoms with Gasteiger partial charge in [-0.25, -0.2) is 9.69 Å². The van der Waals surface area contributed by atoms with Gasteiger partial charge in [-0.1, -0.05) is 60.7 Å². The Morgan fingerprint density at radius 3 is 2.31 bits per heavy atom. The highest BCUT2D eigenvalue weighted by Crippen LogP contribution is 2.37. The summed E-state index contributed by atoms with van der Waals surface area (Å²) in [5.74, 6) is -0.177. The lowest BCUT2D eigenvalue weighted by atomic mass is 10.1. The maximum Gasteiger partial charge on any atom is 0.418 e. The highest BCUT2D eigenvalue weighted by molar-refractivity contribution is 7.14. The van der Waals surface area contributed by atoms with E-state index in [0.29, 0.717) is 17.1 Å². The summed E-state index contributed by atoms with van der Waals surface area (Å²) in [5.41, 5.74) is 2.30. The van der Waals surface area contributed by atoms with Crippen molar-refractivity contribution in [2.24, 2.45) is 0 Å². The van der Waals surface area contributed by atoms with Gasteiger partial charge in [-0.05, 0) is 22.6 Å². The van der Waals surface area contributed by atoms with E-state index in [0.717, 1.165) is 11.1 Å². The van der Waals surface area contributed by atoms with Crippen molar-refractivity contribution in [2.75, 3.05) is 12.0 Å². The molecule has 29 heavy (non-hydrogen) atoms. The largest absolute Gasteiger partial charge is 0.444 e. The van der Waals surface area contributed by atoms with Crippen LogP contribution in [0, 0.1) is 0 Å². The quantitative estimate of drug-likeness (QED) is 0.625. The van der Waals surface area contributed by atoms with E-state index in [1.165, 1.54) is 28.2 Å². The summed E-state index contributed by atoms with van der Waals surface area (Å²) in [5, 5.41) is 2.32. The summed E-state index contributed by atoms with van der Waals surface area (Å²) in [4.78, 5) is 29.0. The highest BCUT2D eigenvalue weighted by Gasteiger charge is 2.42. The lowest BCUT2D eigenvalue weighted by Crippen LogP contribution is -2.57. The Morgan fingerprint density at radius 1 is 1.00 bits per heavy atom. The molecule has 0 fully saturated rings. The lowest BCUT2D eigenvalue weighted by Gasteiger charge is -2.41. The molecule has 0 spiro atoms. The zero-order chi connectivity index (χ0) is 20.2. The van der Waals surface area contributed by atoms with Gasteiger partial charge in [0.05, 0.1) is 12.1 Å². The highest BCUT2D eigenvalue weighted by atomic mass is 32.1. The first-order valence-corrected chi connectivity index (χ1v) is 10.0. The zero-order valence-electron chi connectivity index (χ0n) is 15.9. The van der Waals surface area contributed by atoms with Gasteiger partial charge in [0.1, 0.15) is 11.6 Å². The van der Waals surface area contributed by atoms with Crippen LogP contribution in [0.5, 0.6) is 0 Å². The van der Waals surface area contributed by atoms with E-state index in [4.69, 9.17) is 9.47 Å². The fourth-order valence-corrected chi connectivity index (χ4v) is 4.16. The predicted molar refractivity (Wildman–Crippen MR) is 111 cm³/mol. The number of carbonyl (C=O) groups is 2. The van der Waals surface area contributed by atoms with E-state index < -0.39 is 12.4 Å². The van der Waals surface area contributed by atoms with Crippen molar-refractivity contribution in [3.05, 3.63) is 88.8 Å². The normalized spacial score (nSPS) is 15.9. The van der Waals surface area contributed by atoms with Crippen LogP contribution >= 0.6 is 11.3 Å². The number of fused-ring (bicyclic) bond motifs is 1. The van der Waals surface area contributed by atoms with Gasteiger partial charge in [-0.2, -0.15) is 0 Å². The summed E-state index contributed by atoms with van der Waals surface area (Å²) in [6.07, 6.45) is -1.45. The average molecular weight is 408 g/mol. The number of benzene rings is 2. The summed E-state index contributed by atoms with van der Waals surface area (Å²) < 4.78 is 11.1. The second-order valence-electron chi connectivity index (χ2n) is 6.53. The molecule has 1 aromatic heterocycles. The Balaban J connectivity index is 1.61. The molecule has 148 valence electrons. The van der Waals surface area contributed by atoms with Crippen LogP contribution in [0.4, 0.5) is 9.80 Å². The van der Waals surface area contributed by atoms with Crippen LogP contribution in [0.3, 0.4) is 0 Å². The standard InChI is InChI=1S/C22H20N2O4S/c1-27-21-23(14-16-8-4-2-5-9-16)19(25)18-12-13-29-20(18)24(21)22(26)28-15-17-10-6-3-7-11-17/h2-13,21H,14-15H2,1H3. The molecule has 1 aliphatic heterocycles. The first-order chi connectivity index (χ1) is 14.2. The molecule has 0 radical (unpaired) electrons. The number of thiophene rings is 1. The first kappa shape index (κ1) is 19.2. The molecule has 2 heterocycles. The monoisotopic (exact) mass is 408 g/mol. The van der Waals surface area contributed by atoms with Gasteiger partial charge in [0, 0.05) is 7.11 Å². The van der Waals surface area contributed by atoms with Gasteiger partial charge in [0.25, 0.3) is 5.91 Å². The smallest absolute Gasteiger partial charge is 0.418 e. The molecule has 4 rings (SSSR count). The van der Waals surface area contributed by atoms with Crippen molar-refractivity contribution in [2.45, 2.75) is 19.5 Å². The van der Waals surface area contributed by atoms with Gasteiger partial charge in [0.2, 0.25) is 6.35 Å². The van der Waals surface area contributed by atoms with Crippen LogP contribution in [-0.2, 0) is 22.6 Å². The number of ether oxygens (including phenoxy) is 2. The number of carbonyl (C=O) groups excluding carboxylic acids is 2. The average Bonchev–Trinajstić information content (AvgIpc) is 3.25. The van der Waals surface area contributed by atoms with Crippen LogP contribution < -0.4 is 4.90 Å². The Labute approximate surface area is 172 Å². The van der Waals surface area contributed by atoms with Gasteiger partial charge < -0.3 is 9.47 Å². The van der Waals surface area contributed by atoms with E-state index in [9.17, 15) is 9.59 Å². The number of rotatable bonds is 5. The second kappa shape index (κ2) is 8.46. The molecular weight excluding hydrogens is 388 g/mol. The molecular formula is C22H20N2O4S. The molecule has 1 atom stereocenters. The van der Waals surface area contributed by atoms with E-state index in [1.54, 1.807) is 11.4 Å². The van der Waals surface area contributed by atoms with Crippen molar-refractivity contribution in [1.29, 1.82) is 0 Å². The van der Waals surface area contributed by atoms with Crippen molar-refractivity contribution in [1.82, 2.24) is 4.90 Å². The third-order valence-electron chi connectivity index (χ3n) is 4.65. The molecule has 0 aliphatic carbocycles. The number of nitrogens with zero attached hydrogens (tertiary/aromatic N) is 2. The summed E-state index contributed by atoms with van der Waals surface area (Å²) in [7, 11) is 1.48. The van der Waals surface area contributed by atoms with Crippen molar-refractivity contribution in [3.63, 3.8) is 0 Å². The van der Waals surface area contributed by atoms with E-state index >= 15 is 0 Å². The number of hydrogen-bond donors (Lipinski definition) is 0. The van der Waals surface area contributed by atoms with Gasteiger partial charge >= 0.3 is 6.09 Å². The SMILES string of the molecule is COC1N(Cc2ccccc2)C(=O)c2ccsc2N1C(=O)OCc1ccccc1. The minimum atomic E-state index is -0.892. The Kier molecular flexibility index (Phi) is 5.59. The number of amides is 2. The molecule has 3 aromatic rings. The summed E-state index contributed by atoms with van der Waals surface area (Å²) in [6.45, 7) is 0.454. The van der Waals surface area contributed by atoms with Crippen molar-refractivity contribution < 1.29 is 19.1 Å². The van der Waals surface area contributed by atoms with Crippen LogP contribution in [-0.4, -0.2) is 30.4 Å². The summed E-state index contributed by atoms with van der Waals surface area (Å²) in [6, 6.07) is 20.8. The van der Waals surface area contributed by atoms with Gasteiger partial charge in [-0.3, -0.25) is 9.69 Å². The van der Waals surface area contributed by atoms with Crippen LogP contribution in [0.15, 0.2) is 72.1 Å². The molecule has 2 aromatic carbocycles. The summed E-state index contributed by atoms with van der Waals surface area (Å²) >= 11 is 1.31. The fraction of sp³-hybridized carbons (Fsp3) is 0.182. The molecule has 0 bridgehead atoms. The van der Waals surface area contributed by atoms with Crippen LogP contribution in [0.1, 0.15) is 21.5 Å². The molecule has 0 saturated carbocycles. The van der Waals surface area contributed by atoms with Crippen LogP contribution in [0.25, 0.3) is 0 Å².